The topological polar surface area (TPSA) is 65.1 Å². The van der Waals surface area contributed by atoms with Gasteiger partial charge >= 0.3 is 5.97 Å². The molecule has 0 N–H and O–H groups in total. The lowest BCUT2D eigenvalue weighted by Gasteiger charge is -2.31. The molecule has 6 heteroatoms. The van der Waals surface area contributed by atoms with Crippen LogP contribution in [-0.4, -0.2) is 36.6 Å². The van der Waals surface area contributed by atoms with Crippen molar-refractivity contribution < 1.29 is 23.8 Å². The minimum absolute atomic E-state index is 0.0872. The van der Waals surface area contributed by atoms with Gasteiger partial charge < -0.3 is 19.1 Å². The first kappa shape index (κ1) is 23.6. The van der Waals surface area contributed by atoms with Crippen molar-refractivity contribution in [1.29, 1.82) is 0 Å². The number of methoxy groups -OCH3 is 2. The first-order valence-electron chi connectivity index (χ1n) is 11.5. The smallest absolute Gasteiger partial charge is 0.330 e. The van der Waals surface area contributed by atoms with Gasteiger partial charge in [-0.15, -0.1) is 0 Å². The SMILES string of the molecule is COC(=O)/C=C/c1cccc(CN(Cc2ccc3c(c2OC)OC(C)(C)C=C3)C(=O)C2CC2)c1. The van der Waals surface area contributed by atoms with Crippen LogP contribution in [0.25, 0.3) is 12.2 Å². The molecule has 1 aliphatic carbocycles. The summed E-state index contributed by atoms with van der Waals surface area (Å²) in [6.07, 6.45) is 9.04. The Morgan fingerprint density at radius 1 is 1.15 bits per heavy atom. The number of carbonyl (C=O) groups excluding carboxylic acids is 2. The number of benzene rings is 2. The van der Waals surface area contributed by atoms with Crippen molar-refractivity contribution in [1.82, 2.24) is 4.90 Å². The Labute approximate surface area is 200 Å². The molecule has 4 rings (SSSR count). The van der Waals surface area contributed by atoms with Crippen molar-refractivity contribution in [2.75, 3.05) is 14.2 Å². The van der Waals surface area contributed by atoms with Crippen molar-refractivity contribution >= 4 is 24.0 Å². The van der Waals surface area contributed by atoms with Gasteiger partial charge in [0.25, 0.3) is 0 Å². The predicted molar refractivity (Wildman–Crippen MR) is 131 cm³/mol. The first-order chi connectivity index (χ1) is 16.3. The van der Waals surface area contributed by atoms with E-state index in [9.17, 15) is 9.59 Å². The molecule has 0 saturated heterocycles. The second kappa shape index (κ2) is 9.75. The van der Waals surface area contributed by atoms with Crippen LogP contribution in [0.2, 0.25) is 0 Å². The molecule has 2 aliphatic rings. The Bertz CT molecular complexity index is 1140. The summed E-state index contributed by atoms with van der Waals surface area (Å²) in [6.45, 7) is 4.88. The zero-order valence-corrected chi connectivity index (χ0v) is 20.2. The van der Waals surface area contributed by atoms with E-state index in [2.05, 4.69) is 4.74 Å². The normalized spacial score (nSPS) is 16.0. The molecule has 2 aromatic rings. The fourth-order valence-corrected chi connectivity index (χ4v) is 4.04. The van der Waals surface area contributed by atoms with Crippen LogP contribution in [0.3, 0.4) is 0 Å². The van der Waals surface area contributed by atoms with E-state index in [-0.39, 0.29) is 11.8 Å². The predicted octanol–water partition coefficient (Wildman–Crippen LogP) is 5.00. The highest BCUT2D eigenvalue weighted by atomic mass is 16.5. The summed E-state index contributed by atoms with van der Waals surface area (Å²) in [5.41, 5.74) is 3.29. The zero-order valence-electron chi connectivity index (χ0n) is 20.2. The van der Waals surface area contributed by atoms with Gasteiger partial charge in [0.15, 0.2) is 11.5 Å². The van der Waals surface area contributed by atoms with Gasteiger partial charge in [-0.05, 0) is 56.0 Å². The summed E-state index contributed by atoms with van der Waals surface area (Å²) in [5.74, 6) is 1.20. The lowest BCUT2D eigenvalue weighted by Crippen LogP contribution is -2.32. The largest absolute Gasteiger partial charge is 0.492 e. The molecule has 1 aliphatic heterocycles. The number of fused-ring (bicyclic) bond motifs is 1. The molecule has 6 nitrogen and oxygen atoms in total. The summed E-state index contributed by atoms with van der Waals surface area (Å²) in [6, 6.07) is 11.8. The maximum absolute atomic E-state index is 13.2. The Hall–Kier alpha value is -3.54. The highest BCUT2D eigenvalue weighted by molar-refractivity contribution is 5.87. The number of carbonyl (C=O) groups is 2. The van der Waals surface area contributed by atoms with Gasteiger partial charge in [0, 0.05) is 36.2 Å². The van der Waals surface area contributed by atoms with E-state index in [4.69, 9.17) is 9.47 Å². The van der Waals surface area contributed by atoms with E-state index in [1.54, 1.807) is 13.2 Å². The van der Waals surface area contributed by atoms with Crippen LogP contribution in [0, 0.1) is 5.92 Å². The lowest BCUT2D eigenvalue weighted by atomic mass is 9.99. The van der Waals surface area contributed by atoms with Crippen LogP contribution in [0.15, 0.2) is 48.6 Å². The number of nitrogens with zero attached hydrogens (tertiary/aromatic N) is 1. The molecule has 0 unspecified atom stereocenters. The third-order valence-corrected chi connectivity index (χ3v) is 5.99. The van der Waals surface area contributed by atoms with Gasteiger partial charge in [-0.3, -0.25) is 4.79 Å². The molecule has 0 aromatic heterocycles. The third-order valence-electron chi connectivity index (χ3n) is 5.99. The fraction of sp³-hybridized carbons (Fsp3) is 0.357. The third kappa shape index (κ3) is 5.50. The van der Waals surface area contributed by atoms with Gasteiger partial charge in [-0.1, -0.05) is 36.4 Å². The summed E-state index contributed by atoms with van der Waals surface area (Å²) >= 11 is 0. The molecule has 1 fully saturated rings. The number of rotatable bonds is 8. The quantitative estimate of drug-likeness (QED) is 0.409. The van der Waals surface area contributed by atoms with E-state index >= 15 is 0 Å². The number of hydrogen-bond donors (Lipinski definition) is 0. The number of esters is 1. The highest BCUT2D eigenvalue weighted by Gasteiger charge is 2.34. The zero-order chi connectivity index (χ0) is 24.3. The number of amides is 1. The lowest BCUT2D eigenvalue weighted by molar-refractivity contribution is -0.135. The molecular formula is C28H31NO5. The molecule has 1 heterocycles. The molecule has 1 amide bonds. The van der Waals surface area contributed by atoms with Crippen molar-refractivity contribution in [2.45, 2.75) is 45.4 Å². The molecule has 34 heavy (non-hydrogen) atoms. The Kier molecular flexibility index (Phi) is 6.77. The van der Waals surface area contributed by atoms with Crippen LogP contribution < -0.4 is 9.47 Å². The maximum atomic E-state index is 13.2. The Balaban J connectivity index is 1.60. The molecule has 1 saturated carbocycles. The standard InChI is InChI=1S/C28H31NO5/c1-28(2)15-14-21-9-12-23(25(33-4)26(21)34-28)18-29(27(31)22-10-11-22)17-20-7-5-6-19(16-20)8-13-24(30)32-3/h5-9,12-16,22H,10-11,17-18H2,1-4H3/b13-8+. The van der Waals surface area contributed by atoms with Crippen LogP contribution >= 0.6 is 0 Å². The second-order valence-corrected chi connectivity index (χ2v) is 9.29. The molecule has 178 valence electrons. The minimum Gasteiger partial charge on any atom is -0.492 e. The van der Waals surface area contributed by atoms with Gasteiger partial charge in [0.2, 0.25) is 5.91 Å². The van der Waals surface area contributed by atoms with Gasteiger partial charge in [0.05, 0.1) is 14.2 Å². The Morgan fingerprint density at radius 2 is 1.94 bits per heavy atom. The second-order valence-electron chi connectivity index (χ2n) is 9.29. The van der Waals surface area contributed by atoms with E-state index < -0.39 is 11.6 Å². The Morgan fingerprint density at radius 3 is 2.65 bits per heavy atom. The molecule has 0 bridgehead atoms. The van der Waals surface area contributed by atoms with Crippen LogP contribution in [0.5, 0.6) is 11.5 Å². The van der Waals surface area contributed by atoms with E-state index in [1.807, 2.05) is 67.3 Å². The fourth-order valence-electron chi connectivity index (χ4n) is 4.04. The molecule has 2 aromatic carbocycles. The first-order valence-corrected chi connectivity index (χ1v) is 11.5. The summed E-state index contributed by atoms with van der Waals surface area (Å²) in [5, 5.41) is 0. The van der Waals surface area contributed by atoms with Crippen molar-refractivity contribution in [3.8, 4) is 11.5 Å². The van der Waals surface area contributed by atoms with Crippen molar-refractivity contribution in [3.63, 3.8) is 0 Å². The molecule has 0 radical (unpaired) electrons. The van der Waals surface area contributed by atoms with Gasteiger partial charge in [-0.2, -0.15) is 0 Å². The number of ether oxygens (including phenoxy) is 3. The van der Waals surface area contributed by atoms with Crippen LogP contribution in [0.4, 0.5) is 0 Å². The molecular weight excluding hydrogens is 430 g/mol. The van der Waals surface area contributed by atoms with Gasteiger partial charge in [0.1, 0.15) is 5.60 Å². The number of hydrogen-bond acceptors (Lipinski definition) is 5. The van der Waals surface area contributed by atoms with Crippen molar-refractivity contribution in [3.05, 3.63) is 70.8 Å². The highest BCUT2D eigenvalue weighted by Crippen LogP contribution is 2.42. The monoisotopic (exact) mass is 461 g/mol. The van der Waals surface area contributed by atoms with E-state index in [1.165, 1.54) is 13.2 Å². The van der Waals surface area contributed by atoms with E-state index in [0.29, 0.717) is 24.6 Å². The van der Waals surface area contributed by atoms with Crippen LogP contribution in [-0.2, 0) is 27.4 Å². The summed E-state index contributed by atoms with van der Waals surface area (Å²) in [4.78, 5) is 26.5. The maximum Gasteiger partial charge on any atom is 0.330 e. The summed E-state index contributed by atoms with van der Waals surface area (Å²) < 4.78 is 16.7. The molecule has 0 atom stereocenters. The average Bonchev–Trinajstić information content (AvgIpc) is 3.66. The summed E-state index contributed by atoms with van der Waals surface area (Å²) in [7, 11) is 2.99. The van der Waals surface area contributed by atoms with Crippen LogP contribution in [0.1, 0.15) is 48.9 Å². The molecule has 0 spiro atoms. The average molecular weight is 462 g/mol. The van der Waals surface area contributed by atoms with Gasteiger partial charge in [-0.25, -0.2) is 4.79 Å². The van der Waals surface area contributed by atoms with Crippen molar-refractivity contribution in [2.24, 2.45) is 5.92 Å². The minimum atomic E-state index is -0.430. The van der Waals surface area contributed by atoms with E-state index in [0.717, 1.165) is 35.1 Å².